The Morgan fingerprint density at radius 2 is 1.62 bits per heavy atom. The van der Waals surface area contributed by atoms with Gasteiger partial charge >= 0.3 is 0 Å². The number of hydrogen-bond donors (Lipinski definition) is 2. The maximum atomic E-state index is 12.6. The van der Waals surface area contributed by atoms with E-state index in [0.29, 0.717) is 6.07 Å². The summed E-state index contributed by atoms with van der Waals surface area (Å²) in [4.78, 5) is 0. The summed E-state index contributed by atoms with van der Waals surface area (Å²) in [6.45, 7) is 0. The zero-order valence-electron chi connectivity index (χ0n) is 6.79. The Kier molecular flexibility index (Phi) is 2.76. The Hall–Kier alpha value is -0.823. The first-order chi connectivity index (χ1) is 5.95. The lowest BCUT2D eigenvalue weighted by Gasteiger charge is -2.20. The molecule has 13 heavy (non-hydrogen) atoms. The predicted octanol–water partition coefficient (Wildman–Crippen LogP) is -0.643. The van der Waals surface area contributed by atoms with E-state index in [0.717, 1.165) is 12.1 Å². The van der Waals surface area contributed by atoms with Crippen LogP contribution in [0.25, 0.3) is 0 Å². The molecule has 0 fully saturated rings. The van der Waals surface area contributed by atoms with E-state index in [-0.39, 0.29) is 16.0 Å². The molecule has 3 nitrogen and oxygen atoms in total. The zero-order chi connectivity index (χ0) is 10.1. The molecule has 0 amide bonds. The molecule has 0 unspecified atom stereocenters. The van der Waals surface area contributed by atoms with E-state index in [1.165, 1.54) is 0 Å². The topological polar surface area (TPSA) is 49.7 Å². The molecule has 1 aromatic rings. The SMILES string of the molecule is OC(O)(O[SiH3])c1cc(F)cc(F)c1. The van der Waals surface area contributed by atoms with Crippen molar-refractivity contribution >= 4 is 10.5 Å². The maximum Gasteiger partial charge on any atom is 0.296 e. The van der Waals surface area contributed by atoms with Crippen LogP contribution in [0.15, 0.2) is 18.2 Å². The molecule has 0 aliphatic rings. The van der Waals surface area contributed by atoms with Crippen LogP contribution >= 0.6 is 0 Å². The van der Waals surface area contributed by atoms with Gasteiger partial charge in [-0.3, -0.25) is 0 Å². The van der Waals surface area contributed by atoms with Gasteiger partial charge in [0.05, 0.1) is 0 Å². The molecule has 6 heteroatoms. The van der Waals surface area contributed by atoms with Crippen LogP contribution in [0.5, 0.6) is 0 Å². The van der Waals surface area contributed by atoms with Crippen molar-refractivity contribution in [1.82, 2.24) is 0 Å². The second kappa shape index (κ2) is 3.50. The normalized spacial score (nSPS) is 12.0. The largest absolute Gasteiger partial charge is 0.377 e. The first-order valence-corrected chi connectivity index (χ1v) is 4.24. The average molecular weight is 206 g/mol. The van der Waals surface area contributed by atoms with Gasteiger partial charge in [-0.25, -0.2) is 8.78 Å². The van der Waals surface area contributed by atoms with E-state index in [1.807, 2.05) is 0 Å². The van der Waals surface area contributed by atoms with Crippen LogP contribution in [0.1, 0.15) is 5.56 Å². The van der Waals surface area contributed by atoms with Crippen molar-refractivity contribution in [2.75, 3.05) is 0 Å². The molecule has 2 N–H and O–H groups in total. The Morgan fingerprint density at radius 1 is 1.15 bits per heavy atom. The van der Waals surface area contributed by atoms with E-state index >= 15 is 0 Å². The molecule has 1 aromatic carbocycles. The first-order valence-electron chi connectivity index (χ1n) is 3.42. The van der Waals surface area contributed by atoms with Crippen molar-refractivity contribution in [2.24, 2.45) is 0 Å². The molecule has 0 bridgehead atoms. The Bertz CT molecular complexity index is 296. The average Bonchev–Trinajstić information content (AvgIpc) is 2.02. The second-order valence-electron chi connectivity index (χ2n) is 2.47. The third kappa shape index (κ3) is 2.31. The molecular formula is C7H8F2O3Si. The van der Waals surface area contributed by atoms with Gasteiger partial charge in [-0.1, -0.05) is 0 Å². The van der Waals surface area contributed by atoms with E-state index in [9.17, 15) is 8.78 Å². The lowest BCUT2D eigenvalue weighted by atomic mass is 10.2. The molecule has 0 atom stereocenters. The third-order valence-electron chi connectivity index (χ3n) is 1.52. The van der Waals surface area contributed by atoms with Crippen molar-refractivity contribution < 1.29 is 23.4 Å². The zero-order valence-corrected chi connectivity index (χ0v) is 8.79. The summed E-state index contributed by atoms with van der Waals surface area (Å²) in [7, 11) is 0.0331. The minimum absolute atomic E-state index is 0.0331. The number of rotatable bonds is 2. The van der Waals surface area contributed by atoms with E-state index < -0.39 is 17.6 Å². The second-order valence-corrected chi connectivity index (χ2v) is 2.88. The van der Waals surface area contributed by atoms with Crippen LogP contribution in [-0.2, 0) is 10.4 Å². The molecule has 0 saturated carbocycles. The Morgan fingerprint density at radius 3 is 2.00 bits per heavy atom. The van der Waals surface area contributed by atoms with Gasteiger partial charge in [0.1, 0.15) is 11.6 Å². The number of halogens is 2. The summed E-state index contributed by atoms with van der Waals surface area (Å²) in [6.07, 6.45) is 0. The molecule has 0 aliphatic heterocycles. The summed E-state index contributed by atoms with van der Waals surface area (Å²) in [5.41, 5.74) is -0.361. The van der Waals surface area contributed by atoms with Gasteiger partial charge in [0.25, 0.3) is 5.97 Å². The Labute approximate surface area is 76.1 Å². The molecule has 0 aromatic heterocycles. The van der Waals surface area contributed by atoms with Crippen molar-refractivity contribution in [1.29, 1.82) is 0 Å². The molecular weight excluding hydrogens is 198 g/mol. The van der Waals surface area contributed by atoms with E-state index in [1.54, 1.807) is 0 Å². The van der Waals surface area contributed by atoms with Crippen LogP contribution < -0.4 is 0 Å². The van der Waals surface area contributed by atoms with Crippen LogP contribution in [0.2, 0.25) is 0 Å². The van der Waals surface area contributed by atoms with E-state index in [4.69, 9.17) is 10.2 Å². The molecule has 0 radical (unpaired) electrons. The maximum absolute atomic E-state index is 12.6. The molecule has 0 saturated heterocycles. The molecule has 0 heterocycles. The molecule has 72 valence electrons. The number of aliphatic hydroxyl groups is 2. The highest BCUT2D eigenvalue weighted by Gasteiger charge is 2.25. The van der Waals surface area contributed by atoms with Gasteiger partial charge in [-0.05, 0) is 12.1 Å². The van der Waals surface area contributed by atoms with Crippen LogP contribution in [0.4, 0.5) is 8.78 Å². The highest BCUT2D eigenvalue weighted by molar-refractivity contribution is 5.98. The molecule has 1 rings (SSSR count). The fourth-order valence-electron chi connectivity index (χ4n) is 0.860. The van der Waals surface area contributed by atoms with Crippen molar-refractivity contribution in [3.63, 3.8) is 0 Å². The smallest absolute Gasteiger partial charge is 0.296 e. The minimum Gasteiger partial charge on any atom is -0.377 e. The van der Waals surface area contributed by atoms with Crippen LogP contribution in [0, 0.1) is 11.6 Å². The predicted molar refractivity (Wildman–Crippen MR) is 43.5 cm³/mol. The summed E-state index contributed by atoms with van der Waals surface area (Å²) in [5.74, 6) is -4.38. The highest BCUT2D eigenvalue weighted by atomic mass is 28.2. The van der Waals surface area contributed by atoms with Gasteiger partial charge in [-0.15, -0.1) is 0 Å². The van der Waals surface area contributed by atoms with Crippen molar-refractivity contribution in [2.45, 2.75) is 5.97 Å². The molecule has 0 aliphatic carbocycles. The van der Waals surface area contributed by atoms with Gasteiger partial charge in [0.15, 0.2) is 10.5 Å². The fourth-order valence-corrected chi connectivity index (χ4v) is 1.10. The lowest BCUT2D eigenvalue weighted by Crippen LogP contribution is -2.28. The first kappa shape index (κ1) is 10.3. The van der Waals surface area contributed by atoms with E-state index in [2.05, 4.69) is 4.43 Å². The van der Waals surface area contributed by atoms with Gasteiger partial charge in [-0.2, -0.15) is 0 Å². The molecule has 0 spiro atoms. The van der Waals surface area contributed by atoms with Crippen LogP contribution in [-0.4, -0.2) is 20.7 Å². The van der Waals surface area contributed by atoms with Crippen LogP contribution in [0.3, 0.4) is 0 Å². The minimum atomic E-state index is -2.60. The Balaban J connectivity index is 3.15. The number of benzene rings is 1. The standard InChI is InChI=1S/C7H8F2O3Si/c8-5-1-4(2-6(9)3-5)7(10,11)12-13/h1-3,10-11H,13H3. The highest BCUT2D eigenvalue weighted by Crippen LogP contribution is 2.20. The van der Waals surface area contributed by atoms with Gasteiger partial charge < -0.3 is 14.6 Å². The number of hydrogen-bond acceptors (Lipinski definition) is 3. The summed E-state index contributed by atoms with van der Waals surface area (Å²) in [5, 5.41) is 18.2. The summed E-state index contributed by atoms with van der Waals surface area (Å²) < 4.78 is 29.5. The third-order valence-corrected chi connectivity index (χ3v) is 2.09. The van der Waals surface area contributed by atoms with Gasteiger partial charge in [0, 0.05) is 11.6 Å². The summed E-state index contributed by atoms with van der Waals surface area (Å²) in [6, 6.07) is 2.22. The summed E-state index contributed by atoms with van der Waals surface area (Å²) >= 11 is 0. The van der Waals surface area contributed by atoms with Gasteiger partial charge in [0.2, 0.25) is 0 Å². The lowest BCUT2D eigenvalue weighted by molar-refractivity contribution is -0.303. The monoisotopic (exact) mass is 206 g/mol. The fraction of sp³-hybridized carbons (Fsp3) is 0.143. The van der Waals surface area contributed by atoms with Crippen molar-refractivity contribution in [3.05, 3.63) is 35.4 Å². The van der Waals surface area contributed by atoms with Crippen molar-refractivity contribution in [3.8, 4) is 0 Å². The quantitative estimate of drug-likeness (QED) is 0.500.